The minimum atomic E-state index is -0.259. The molecule has 0 spiro atoms. The van der Waals surface area contributed by atoms with Gasteiger partial charge in [0, 0.05) is 43.5 Å². The van der Waals surface area contributed by atoms with Crippen LogP contribution in [-0.2, 0) is 17.8 Å². The highest BCUT2D eigenvalue weighted by Gasteiger charge is 2.19. The molecule has 1 amide bonds. The maximum absolute atomic E-state index is 13.1. The molecule has 2 aromatic carbocycles. The molecule has 7 nitrogen and oxygen atoms in total. The molecule has 33 heavy (non-hydrogen) atoms. The van der Waals surface area contributed by atoms with E-state index in [4.69, 9.17) is 9.47 Å². The van der Waals surface area contributed by atoms with Crippen LogP contribution in [0, 0.1) is 5.82 Å². The van der Waals surface area contributed by atoms with Crippen LogP contribution in [-0.4, -0.2) is 34.6 Å². The lowest BCUT2D eigenvalue weighted by Crippen LogP contribution is -2.36. The van der Waals surface area contributed by atoms with Crippen LogP contribution in [0.5, 0.6) is 11.5 Å². The molecule has 2 heterocycles. The maximum atomic E-state index is 13.1. The predicted molar refractivity (Wildman–Crippen MR) is 125 cm³/mol. The Morgan fingerprint density at radius 1 is 1.18 bits per heavy atom. The molecule has 0 saturated heterocycles. The third-order valence-corrected chi connectivity index (χ3v) is 6.40. The van der Waals surface area contributed by atoms with Crippen molar-refractivity contribution in [1.82, 2.24) is 14.7 Å². The summed E-state index contributed by atoms with van der Waals surface area (Å²) in [6, 6.07) is 12.2. The summed E-state index contributed by atoms with van der Waals surface area (Å²) >= 11 is 1.33. The summed E-state index contributed by atoms with van der Waals surface area (Å²) in [5, 5.41) is 3.77. The zero-order chi connectivity index (χ0) is 23.2. The first-order chi connectivity index (χ1) is 16.0. The van der Waals surface area contributed by atoms with E-state index in [2.05, 4.69) is 33.4 Å². The predicted octanol–water partition coefficient (Wildman–Crippen LogP) is 4.31. The average Bonchev–Trinajstić information content (AvgIpc) is 3.48. The monoisotopic (exact) mass is 470 g/mol. The molecule has 9 heteroatoms. The molecule has 0 aliphatic carbocycles. The lowest BCUT2D eigenvalue weighted by molar-refractivity contribution is -0.121. The van der Waals surface area contributed by atoms with E-state index >= 15 is 0 Å². The molecular weight excluding hydrogens is 443 g/mol. The van der Waals surface area contributed by atoms with Crippen molar-refractivity contribution in [3.05, 3.63) is 65.2 Å². The smallest absolute Gasteiger partial charge is 0.231 e. The Balaban J connectivity index is 1.32. The molecule has 0 saturated carbocycles. The average molecular weight is 471 g/mol. The molecule has 0 radical (unpaired) electrons. The summed E-state index contributed by atoms with van der Waals surface area (Å²) in [6.45, 7) is 5.43. The van der Waals surface area contributed by atoms with Crippen LogP contribution in [0.2, 0.25) is 0 Å². The van der Waals surface area contributed by atoms with Crippen LogP contribution >= 0.6 is 11.5 Å². The Morgan fingerprint density at radius 2 is 1.94 bits per heavy atom. The third-order valence-electron chi connectivity index (χ3n) is 5.61. The summed E-state index contributed by atoms with van der Waals surface area (Å²) in [7, 11) is 0. The van der Waals surface area contributed by atoms with Crippen molar-refractivity contribution >= 4 is 22.6 Å². The van der Waals surface area contributed by atoms with Crippen molar-refractivity contribution in [2.75, 3.05) is 18.2 Å². The van der Waals surface area contributed by atoms with E-state index in [0.717, 1.165) is 28.4 Å². The van der Waals surface area contributed by atoms with Crippen LogP contribution in [0.1, 0.15) is 43.6 Å². The molecule has 1 atom stereocenters. The van der Waals surface area contributed by atoms with E-state index < -0.39 is 0 Å². The van der Waals surface area contributed by atoms with Gasteiger partial charge in [-0.15, -0.1) is 0 Å². The highest BCUT2D eigenvalue weighted by molar-refractivity contribution is 7.09. The molecule has 3 aromatic rings. The molecule has 0 bridgehead atoms. The van der Waals surface area contributed by atoms with Gasteiger partial charge in [0.15, 0.2) is 11.5 Å². The van der Waals surface area contributed by atoms with Gasteiger partial charge < -0.3 is 19.7 Å². The summed E-state index contributed by atoms with van der Waals surface area (Å²) in [4.78, 5) is 19.3. The lowest BCUT2D eigenvalue weighted by atomic mass is 10.1. The van der Waals surface area contributed by atoms with Crippen LogP contribution < -0.4 is 19.7 Å². The Labute approximate surface area is 196 Å². The van der Waals surface area contributed by atoms with Gasteiger partial charge in [-0.1, -0.05) is 25.1 Å². The summed E-state index contributed by atoms with van der Waals surface area (Å²) in [5.41, 5.74) is 1.92. The van der Waals surface area contributed by atoms with E-state index in [9.17, 15) is 9.18 Å². The SMILES string of the molecule is CCC(C)N(CCC(=O)NCc1ccc2c(c1)OCO2)c1nc(Cc2ccc(F)cc2)ns1. The Kier molecular flexibility index (Phi) is 7.39. The first-order valence-corrected chi connectivity index (χ1v) is 11.8. The number of aromatic nitrogens is 2. The summed E-state index contributed by atoms with van der Waals surface area (Å²) in [5.74, 6) is 1.84. The molecule has 0 fully saturated rings. The van der Waals surface area contributed by atoms with Gasteiger partial charge in [0.1, 0.15) is 11.6 Å². The maximum Gasteiger partial charge on any atom is 0.231 e. The first-order valence-electron chi connectivity index (χ1n) is 11.0. The number of amides is 1. The van der Waals surface area contributed by atoms with Crippen LogP contribution in [0.4, 0.5) is 9.52 Å². The van der Waals surface area contributed by atoms with Gasteiger partial charge >= 0.3 is 0 Å². The number of ether oxygens (including phenoxy) is 2. The van der Waals surface area contributed by atoms with Crippen molar-refractivity contribution < 1.29 is 18.7 Å². The number of anilines is 1. The number of rotatable bonds is 10. The van der Waals surface area contributed by atoms with Crippen molar-refractivity contribution in [2.24, 2.45) is 0 Å². The van der Waals surface area contributed by atoms with Gasteiger partial charge in [-0.05, 0) is 48.7 Å². The van der Waals surface area contributed by atoms with Gasteiger partial charge in [0.05, 0.1) is 0 Å². The number of hydrogen-bond donors (Lipinski definition) is 1. The second kappa shape index (κ2) is 10.6. The van der Waals surface area contributed by atoms with Gasteiger partial charge in [-0.3, -0.25) is 4.79 Å². The van der Waals surface area contributed by atoms with Crippen molar-refractivity contribution in [2.45, 2.75) is 45.7 Å². The van der Waals surface area contributed by atoms with Gasteiger partial charge in [-0.2, -0.15) is 4.37 Å². The first kappa shape index (κ1) is 23.0. The normalized spacial score (nSPS) is 13.1. The van der Waals surface area contributed by atoms with Gasteiger partial charge in [0.25, 0.3) is 0 Å². The van der Waals surface area contributed by atoms with Gasteiger partial charge in [0.2, 0.25) is 17.8 Å². The molecule has 1 aliphatic rings. The van der Waals surface area contributed by atoms with Crippen molar-refractivity contribution in [1.29, 1.82) is 0 Å². The van der Waals surface area contributed by atoms with E-state index in [1.165, 1.54) is 23.7 Å². The minimum Gasteiger partial charge on any atom is -0.454 e. The Bertz CT molecular complexity index is 1090. The topological polar surface area (TPSA) is 76.6 Å². The second-order valence-corrected chi connectivity index (χ2v) is 8.69. The van der Waals surface area contributed by atoms with Gasteiger partial charge in [-0.25, -0.2) is 9.37 Å². The molecule has 4 rings (SSSR count). The van der Waals surface area contributed by atoms with Crippen LogP contribution in [0.25, 0.3) is 0 Å². The highest BCUT2D eigenvalue weighted by atomic mass is 32.1. The minimum absolute atomic E-state index is 0.0305. The zero-order valence-electron chi connectivity index (χ0n) is 18.7. The van der Waals surface area contributed by atoms with E-state index in [1.807, 2.05) is 18.2 Å². The summed E-state index contributed by atoms with van der Waals surface area (Å²) in [6.07, 6.45) is 1.81. The number of carbonyl (C=O) groups excluding carboxylic acids is 1. The highest BCUT2D eigenvalue weighted by Crippen LogP contribution is 2.32. The standard InChI is InChI=1S/C24H27FN4O3S/c1-3-16(2)29(24-27-22(28-33-24)13-17-4-7-19(25)8-5-17)11-10-23(30)26-14-18-6-9-20-21(12-18)32-15-31-20/h4-9,12,16H,3,10-11,13-15H2,1-2H3,(H,26,30). The number of carbonyl (C=O) groups is 1. The largest absolute Gasteiger partial charge is 0.454 e. The number of hydrogen-bond acceptors (Lipinski definition) is 7. The third kappa shape index (κ3) is 5.98. The van der Waals surface area contributed by atoms with Crippen LogP contribution in [0.3, 0.4) is 0 Å². The zero-order valence-corrected chi connectivity index (χ0v) is 19.5. The summed E-state index contributed by atoms with van der Waals surface area (Å²) < 4.78 is 28.3. The number of nitrogens with one attached hydrogen (secondary N) is 1. The Hall–Kier alpha value is -3.20. The molecule has 1 unspecified atom stereocenters. The number of benzene rings is 2. The molecular formula is C24H27FN4O3S. The number of fused-ring (bicyclic) bond motifs is 1. The van der Waals surface area contributed by atoms with E-state index in [1.54, 1.807) is 12.1 Å². The number of nitrogens with zero attached hydrogens (tertiary/aromatic N) is 3. The van der Waals surface area contributed by atoms with Crippen LogP contribution in [0.15, 0.2) is 42.5 Å². The van der Waals surface area contributed by atoms with Crippen molar-refractivity contribution in [3.63, 3.8) is 0 Å². The molecule has 1 aliphatic heterocycles. The Morgan fingerprint density at radius 3 is 2.73 bits per heavy atom. The molecule has 1 N–H and O–H groups in total. The molecule has 1 aromatic heterocycles. The fourth-order valence-corrected chi connectivity index (χ4v) is 4.32. The number of halogens is 1. The molecule has 174 valence electrons. The quantitative estimate of drug-likeness (QED) is 0.476. The van der Waals surface area contributed by atoms with Crippen molar-refractivity contribution in [3.8, 4) is 11.5 Å². The lowest BCUT2D eigenvalue weighted by Gasteiger charge is -2.27. The second-order valence-electron chi connectivity index (χ2n) is 7.96. The fraction of sp³-hybridized carbons (Fsp3) is 0.375. The van der Waals surface area contributed by atoms with E-state index in [-0.39, 0.29) is 24.6 Å². The van der Waals surface area contributed by atoms with E-state index in [0.29, 0.717) is 37.5 Å². The fourth-order valence-electron chi connectivity index (χ4n) is 3.50.